The number of hydrogen-bond acceptors (Lipinski definition) is 4. The Morgan fingerprint density at radius 2 is 1.62 bits per heavy atom. The molecule has 3 aromatic carbocycles. The van der Waals surface area contributed by atoms with Crippen LogP contribution < -0.4 is 15.0 Å². The van der Waals surface area contributed by atoms with Gasteiger partial charge in [0.1, 0.15) is 17.3 Å². The Morgan fingerprint density at radius 1 is 0.906 bits per heavy atom. The Kier molecular flexibility index (Phi) is 5.77. The number of para-hydroxylation sites is 2. The maximum atomic E-state index is 13.6. The van der Waals surface area contributed by atoms with Crippen LogP contribution in [0.4, 0.5) is 15.8 Å². The Morgan fingerprint density at radius 3 is 2.31 bits per heavy atom. The Labute approximate surface area is 186 Å². The summed E-state index contributed by atoms with van der Waals surface area (Å²) in [7, 11) is 0. The van der Waals surface area contributed by atoms with Crippen LogP contribution in [0.1, 0.15) is 23.6 Å². The zero-order chi connectivity index (χ0) is 22.8. The molecule has 162 valence electrons. The minimum atomic E-state index is -0.500. The van der Waals surface area contributed by atoms with E-state index in [-0.39, 0.29) is 17.1 Å². The lowest BCUT2D eigenvalue weighted by Gasteiger charge is -2.19. The van der Waals surface area contributed by atoms with Gasteiger partial charge in [0.05, 0.1) is 17.9 Å². The van der Waals surface area contributed by atoms with E-state index in [0.717, 1.165) is 16.0 Å². The molecule has 4 rings (SSSR count). The molecule has 1 aliphatic heterocycles. The van der Waals surface area contributed by atoms with E-state index in [4.69, 9.17) is 4.74 Å². The third-order valence-electron chi connectivity index (χ3n) is 5.40. The first-order chi connectivity index (χ1) is 15.4. The van der Waals surface area contributed by atoms with Crippen LogP contribution in [0.3, 0.4) is 0 Å². The van der Waals surface area contributed by atoms with Crippen molar-refractivity contribution in [1.82, 2.24) is 0 Å². The van der Waals surface area contributed by atoms with Gasteiger partial charge in [0.2, 0.25) is 0 Å². The molecule has 0 saturated heterocycles. The zero-order valence-electron chi connectivity index (χ0n) is 18.1. The van der Waals surface area contributed by atoms with Gasteiger partial charge < -0.3 is 10.1 Å². The van der Waals surface area contributed by atoms with Crippen LogP contribution >= 0.6 is 0 Å². The normalized spacial score (nSPS) is 13.7. The van der Waals surface area contributed by atoms with Crippen LogP contribution in [-0.2, 0) is 9.59 Å². The van der Waals surface area contributed by atoms with Crippen molar-refractivity contribution < 1.29 is 18.7 Å². The van der Waals surface area contributed by atoms with Crippen molar-refractivity contribution in [1.29, 1.82) is 0 Å². The molecule has 5 nitrogen and oxygen atoms in total. The van der Waals surface area contributed by atoms with Crippen molar-refractivity contribution in [3.05, 3.63) is 94.9 Å². The van der Waals surface area contributed by atoms with Gasteiger partial charge in [-0.1, -0.05) is 30.3 Å². The molecule has 1 heterocycles. The second-order valence-corrected chi connectivity index (χ2v) is 7.53. The molecule has 1 N–H and O–H groups in total. The summed E-state index contributed by atoms with van der Waals surface area (Å²) < 4.78 is 19.0. The van der Waals surface area contributed by atoms with E-state index in [1.807, 2.05) is 39.0 Å². The van der Waals surface area contributed by atoms with E-state index in [1.165, 1.54) is 24.3 Å². The highest BCUT2D eigenvalue weighted by molar-refractivity contribution is 6.46. The van der Waals surface area contributed by atoms with E-state index < -0.39 is 11.8 Å². The summed E-state index contributed by atoms with van der Waals surface area (Å²) in [5, 5.41) is 3.04. The van der Waals surface area contributed by atoms with Gasteiger partial charge in [-0.3, -0.25) is 9.59 Å². The topological polar surface area (TPSA) is 58.6 Å². The highest BCUT2D eigenvalue weighted by Gasteiger charge is 2.41. The highest BCUT2D eigenvalue weighted by atomic mass is 19.1. The molecule has 0 aromatic heterocycles. The number of anilines is 2. The quantitative estimate of drug-likeness (QED) is 0.544. The monoisotopic (exact) mass is 430 g/mol. The maximum Gasteiger partial charge on any atom is 0.282 e. The molecule has 0 radical (unpaired) electrons. The molecule has 6 heteroatoms. The van der Waals surface area contributed by atoms with E-state index >= 15 is 0 Å². The van der Waals surface area contributed by atoms with Crippen molar-refractivity contribution in [2.75, 3.05) is 16.8 Å². The SMILES string of the molecule is CCOc1ccccc1N1C(=O)C(Nc2ccc(F)cc2)=C(c2ccc(C)c(C)c2)C1=O. The number of carbonyl (C=O) groups excluding carboxylic acids is 2. The van der Waals surface area contributed by atoms with Crippen LogP contribution in [0.2, 0.25) is 0 Å². The Bertz CT molecular complexity index is 1230. The molecule has 1 aliphatic rings. The molecule has 0 unspecified atom stereocenters. The number of imide groups is 1. The first kappa shape index (κ1) is 21.3. The van der Waals surface area contributed by atoms with Gasteiger partial charge in [-0.25, -0.2) is 9.29 Å². The number of nitrogens with zero attached hydrogens (tertiary/aromatic N) is 1. The summed E-state index contributed by atoms with van der Waals surface area (Å²) in [5.41, 5.74) is 3.99. The lowest BCUT2D eigenvalue weighted by Crippen LogP contribution is -2.32. The molecule has 0 aliphatic carbocycles. The number of halogens is 1. The number of aryl methyl sites for hydroxylation is 2. The predicted molar refractivity (Wildman–Crippen MR) is 123 cm³/mol. The molecular weight excluding hydrogens is 407 g/mol. The van der Waals surface area contributed by atoms with Crippen molar-refractivity contribution in [3.8, 4) is 5.75 Å². The van der Waals surface area contributed by atoms with Crippen LogP contribution in [0.25, 0.3) is 5.57 Å². The third kappa shape index (κ3) is 3.87. The van der Waals surface area contributed by atoms with Crippen LogP contribution in [0.5, 0.6) is 5.75 Å². The molecule has 0 spiro atoms. The summed E-state index contributed by atoms with van der Waals surface area (Å²) in [4.78, 5) is 28.3. The number of carbonyl (C=O) groups is 2. The minimum Gasteiger partial charge on any atom is -0.492 e. The summed E-state index contributed by atoms with van der Waals surface area (Å²) in [6.45, 7) is 6.17. The Balaban J connectivity index is 1.85. The second-order valence-electron chi connectivity index (χ2n) is 7.53. The van der Waals surface area contributed by atoms with Crippen molar-refractivity contribution >= 4 is 28.8 Å². The van der Waals surface area contributed by atoms with Gasteiger partial charge in [-0.2, -0.15) is 0 Å². The molecule has 3 aromatic rings. The lowest BCUT2D eigenvalue weighted by molar-refractivity contribution is -0.120. The van der Waals surface area contributed by atoms with Gasteiger partial charge in [0.15, 0.2) is 0 Å². The van der Waals surface area contributed by atoms with Crippen molar-refractivity contribution in [3.63, 3.8) is 0 Å². The minimum absolute atomic E-state index is 0.135. The largest absolute Gasteiger partial charge is 0.492 e. The fourth-order valence-electron chi connectivity index (χ4n) is 3.63. The van der Waals surface area contributed by atoms with Crippen LogP contribution in [0, 0.1) is 19.7 Å². The van der Waals surface area contributed by atoms with Gasteiger partial charge >= 0.3 is 0 Å². The van der Waals surface area contributed by atoms with Gasteiger partial charge in [-0.05, 0) is 73.9 Å². The average Bonchev–Trinajstić information content (AvgIpc) is 3.02. The van der Waals surface area contributed by atoms with Crippen LogP contribution in [-0.4, -0.2) is 18.4 Å². The van der Waals surface area contributed by atoms with Gasteiger partial charge in [0, 0.05) is 5.69 Å². The van der Waals surface area contributed by atoms with Crippen molar-refractivity contribution in [2.45, 2.75) is 20.8 Å². The summed E-state index contributed by atoms with van der Waals surface area (Å²) in [6.07, 6.45) is 0. The summed E-state index contributed by atoms with van der Waals surface area (Å²) >= 11 is 0. The molecule has 0 saturated carbocycles. The molecular formula is C26H23FN2O3. The average molecular weight is 430 g/mol. The van der Waals surface area contributed by atoms with Crippen LogP contribution in [0.15, 0.2) is 72.4 Å². The molecule has 0 bridgehead atoms. The van der Waals surface area contributed by atoms with E-state index in [2.05, 4.69) is 5.32 Å². The first-order valence-electron chi connectivity index (χ1n) is 10.4. The first-order valence-corrected chi connectivity index (χ1v) is 10.4. The fourth-order valence-corrected chi connectivity index (χ4v) is 3.63. The maximum absolute atomic E-state index is 13.6. The fraction of sp³-hybridized carbons (Fsp3) is 0.154. The van der Waals surface area contributed by atoms with Gasteiger partial charge in [0.25, 0.3) is 11.8 Å². The molecule has 0 fully saturated rings. The zero-order valence-corrected chi connectivity index (χ0v) is 18.1. The highest BCUT2D eigenvalue weighted by Crippen LogP contribution is 2.38. The second kappa shape index (κ2) is 8.67. The van der Waals surface area contributed by atoms with E-state index in [1.54, 1.807) is 24.3 Å². The smallest absolute Gasteiger partial charge is 0.282 e. The number of rotatable bonds is 6. The number of ether oxygens (including phenoxy) is 1. The number of benzene rings is 3. The van der Waals surface area contributed by atoms with Crippen molar-refractivity contribution in [2.24, 2.45) is 0 Å². The predicted octanol–water partition coefficient (Wildman–Crippen LogP) is 5.24. The summed E-state index contributed by atoms with van der Waals surface area (Å²) in [5.74, 6) is -0.895. The van der Waals surface area contributed by atoms with E-state index in [0.29, 0.717) is 29.3 Å². The summed E-state index contributed by atoms with van der Waals surface area (Å²) in [6, 6.07) is 18.2. The molecule has 0 atom stereocenters. The third-order valence-corrected chi connectivity index (χ3v) is 5.40. The lowest BCUT2D eigenvalue weighted by atomic mass is 9.99. The van der Waals surface area contributed by atoms with E-state index in [9.17, 15) is 14.0 Å². The number of amides is 2. The standard InChI is InChI=1S/C26H23FN2O3/c1-4-32-22-8-6-5-7-21(22)29-25(30)23(18-10-9-16(2)17(3)15-18)24(26(29)31)28-20-13-11-19(27)12-14-20/h5-15,28H,4H2,1-3H3. The number of nitrogens with one attached hydrogen (secondary N) is 1. The number of hydrogen-bond donors (Lipinski definition) is 1. The molecule has 32 heavy (non-hydrogen) atoms. The molecule has 2 amide bonds. The Hall–Kier alpha value is -3.93. The van der Waals surface area contributed by atoms with Gasteiger partial charge in [-0.15, -0.1) is 0 Å².